The fraction of sp³-hybridized carbons (Fsp3) is 1.00. The highest BCUT2D eigenvalue weighted by molar-refractivity contribution is 4.93. The summed E-state index contributed by atoms with van der Waals surface area (Å²) >= 11 is 0. The van der Waals surface area contributed by atoms with Gasteiger partial charge in [-0.05, 0) is 44.6 Å². The molecule has 0 radical (unpaired) electrons. The van der Waals surface area contributed by atoms with E-state index < -0.39 is 0 Å². The Morgan fingerprint density at radius 1 is 1.17 bits per heavy atom. The summed E-state index contributed by atoms with van der Waals surface area (Å²) in [5.41, 5.74) is 0. The summed E-state index contributed by atoms with van der Waals surface area (Å²) in [5.74, 6) is 0.864. The molecule has 3 heteroatoms. The van der Waals surface area contributed by atoms with Crippen molar-refractivity contribution in [2.45, 2.75) is 64.0 Å². The molecule has 0 aromatic carbocycles. The van der Waals surface area contributed by atoms with Crippen molar-refractivity contribution >= 4 is 0 Å². The molecule has 3 unspecified atom stereocenters. The van der Waals surface area contributed by atoms with Crippen LogP contribution < -0.4 is 10.6 Å². The Bertz CT molecular complexity index is 217. The summed E-state index contributed by atoms with van der Waals surface area (Å²) in [5, 5.41) is 7.40. The molecule has 0 bridgehead atoms. The summed E-state index contributed by atoms with van der Waals surface area (Å²) in [6.45, 7) is 6.27. The van der Waals surface area contributed by atoms with E-state index in [2.05, 4.69) is 17.6 Å². The first-order chi connectivity index (χ1) is 8.92. The average Bonchev–Trinajstić information content (AvgIpc) is 3.03. The van der Waals surface area contributed by atoms with Gasteiger partial charge in [-0.2, -0.15) is 0 Å². The molecule has 3 nitrogen and oxygen atoms in total. The van der Waals surface area contributed by atoms with Crippen molar-refractivity contribution in [1.82, 2.24) is 10.6 Å². The zero-order valence-corrected chi connectivity index (χ0v) is 11.9. The van der Waals surface area contributed by atoms with E-state index in [1.54, 1.807) is 0 Å². The highest BCUT2D eigenvalue weighted by atomic mass is 16.5. The standard InChI is InChI=1S/C15H30N2O/c1-2-3-11-18-12-10-17-14-7-4-6-13(14)15-8-5-9-16-15/h13-17H,2-12H2,1H3. The molecule has 2 aliphatic rings. The summed E-state index contributed by atoms with van der Waals surface area (Å²) in [6.07, 6.45) is 9.34. The molecule has 0 aromatic rings. The number of unbranched alkanes of at least 4 members (excludes halogenated alkanes) is 1. The first-order valence-electron chi connectivity index (χ1n) is 7.96. The molecule has 2 rings (SSSR count). The van der Waals surface area contributed by atoms with Crippen molar-refractivity contribution < 1.29 is 4.74 Å². The molecule has 1 aliphatic heterocycles. The SMILES string of the molecule is CCCCOCCNC1CCCC1C1CCCN1. The van der Waals surface area contributed by atoms with Crippen LogP contribution in [0.4, 0.5) is 0 Å². The number of hydrogen-bond acceptors (Lipinski definition) is 3. The number of rotatable bonds is 8. The van der Waals surface area contributed by atoms with Crippen molar-refractivity contribution in [3.8, 4) is 0 Å². The van der Waals surface area contributed by atoms with Gasteiger partial charge in [0.1, 0.15) is 0 Å². The fourth-order valence-corrected chi connectivity index (χ4v) is 3.47. The summed E-state index contributed by atoms with van der Waals surface area (Å²) in [7, 11) is 0. The van der Waals surface area contributed by atoms with E-state index in [1.165, 1.54) is 51.5 Å². The van der Waals surface area contributed by atoms with Crippen molar-refractivity contribution in [1.29, 1.82) is 0 Å². The lowest BCUT2D eigenvalue weighted by Gasteiger charge is -2.26. The second-order valence-electron chi connectivity index (χ2n) is 5.82. The maximum atomic E-state index is 5.62. The predicted octanol–water partition coefficient (Wildman–Crippen LogP) is 2.31. The van der Waals surface area contributed by atoms with Crippen molar-refractivity contribution in [3.05, 3.63) is 0 Å². The normalized spacial score (nSPS) is 32.2. The molecule has 0 spiro atoms. The third kappa shape index (κ3) is 4.22. The highest BCUT2D eigenvalue weighted by Gasteiger charge is 2.34. The topological polar surface area (TPSA) is 33.3 Å². The molecule has 106 valence electrons. The molecular formula is C15H30N2O. The Hall–Kier alpha value is -0.120. The number of nitrogens with one attached hydrogen (secondary N) is 2. The number of hydrogen-bond donors (Lipinski definition) is 2. The van der Waals surface area contributed by atoms with Crippen molar-refractivity contribution in [3.63, 3.8) is 0 Å². The fourth-order valence-electron chi connectivity index (χ4n) is 3.47. The Labute approximate surface area is 112 Å². The van der Waals surface area contributed by atoms with E-state index in [0.717, 1.165) is 37.8 Å². The maximum absolute atomic E-state index is 5.62. The van der Waals surface area contributed by atoms with Crippen molar-refractivity contribution in [2.75, 3.05) is 26.3 Å². The lowest BCUT2D eigenvalue weighted by atomic mass is 9.93. The van der Waals surface area contributed by atoms with Crippen LogP contribution in [0, 0.1) is 5.92 Å². The van der Waals surface area contributed by atoms with Gasteiger partial charge in [-0.3, -0.25) is 0 Å². The quantitative estimate of drug-likeness (QED) is 0.652. The molecule has 0 amide bonds. The molecule has 2 fully saturated rings. The second kappa shape index (κ2) is 8.13. The third-order valence-electron chi connectivity index (χ3n) is 4.48. The van der Waals surface area contributed by atoms with Crippen LogP contribution in [0.2, 0.25) is 0 Å². The van der Waals surface area contributed by atoms with Crippen LogP contribution in [-0.4, -0.2) is 38.4 Å². The van der Waals surface area contributed by atoms with E-state index in [1.807, 2.05) is 0 Å². The molecule has 1 saturated heterocycles. The van der Waals surface area contributed by atoms with E-state index in [9.17, 15) is 0 Å². The summed E-state index contributed by atoms with van der Waals surface area (Å²) in [4.78, 5) is 0. The highest BCUT2D eigenvalue weighted by Crippen LogP contribution is 2.31. The van der Waals surface area contributed by atoms with E-state index in [4.69, 9.17) is 4.74 Å². The smallest absolute Gasteiger partial charge is 0.0591 e. The predicted molar refractivity (Wildman–Crippen MR) is 75.9 cm³/mol. The second-order valence-corrected chi connectivity index (χ2v) is 5.82. The summed E-state index contributed by atoms with van der Waals surface area (Å²) < 4.78 is 5.62. The Morgan fingerprint density at radius 3 is 2.89 bits per heavy atom. The van der Waals surface area contributed by atoms with Crippen LogP contribution in [-0.2, 0) is 4.74 Å². The minimum atomic E-state index is 0.732. The van der Waals surface area contributed by atoms with Crippen molar-refractivity contribution in [2.24, 2.45) is 5.92 Å². The molecule has 0 aromatic heterocycles. The molecule has 1 heterocycles. The first kappa shape index (κ1) is 14.3. The first-order valence-corrected chi connectivity index (χ1v) is 7.96. The minimum Gasteiger partial charge on any atom is -0.380 e. The Morgan fingerprint density at radius 2 is 2.11 bits per heavy atom. The maximum Gasteiger partial charge on any atom is 0.0591 e. The van der Waals surface area contributed by atoms with Gasteiger partial charge in [-0.15, -0.1) is 0 Å². The lowest BCUT2D eigenvalue weighted by molar-refractivity contribution is 0.128. The van der Waals surface area contributed by atoms with Gasteiger partial charge >= 0.3 is 0 Å². The van der Waals surface area contributed by atoms with Gasteiger partial charge in [-0.25, -0.2) is 0 Å². The van der Waals surface area contributed by atoms with Gasteiger partial charge in [-0.1, -0.05) is 19.8 Å². The molecule has 18 heavy (non-hydrogen) atoms. The van der Waals surface area contributed by atoms with E-state index in [0.29, 0.717) is 0 Å². The zero-order valence-electron chi connectivity index (χ0n) is 11.9. The van der Waals surface area contributed by atoms with Gasteiger partial charge in [0.25, 0.3) is 0 Å². The van der Waals surface area contributed by atoms with Gasteiger partial charge in [0, 0.05) is 25.2 Å². The van der Waals surface area contributed by atoms with Crippen LogP contribution in [0.25, 0.3) is 0 Å². The van der Waals surface area contributed by atoms with Gasteiger partial charge in [0.2, 0.25) is 0 Å². The van der Waals surface area contributed by atoms with Gasteiger partial charge in [0.05, 0.1) is 6.61 Å². The molecule has 3 atom stereocenters. The molecule has 1 saturated carbocycles. The Balaban J connectivity index is 1.59. The largest absolute Gasteiger partial charge is 0.380 e. The van der Waals surface area contributed by atoms with Gasteiger partial charge < -0.3 is 15.4 Å². The van der Waals surface area contributed by atoms with Crippen LogP contribution in [0.5, 0.6) is 0 Å². The molecule has 1 aliphatic carbocycles. The minimum absolute atomic E-state index is 0.732. The monoisotopic (exact) mass is 254 g/mol. The zero-order chi connectivity index (χ0) is 12.6. The molecular weight excluding hydrogens is 224 g/mol. The van der Waals surface area contributed by atoms with E-state index >= 15 is 0 Å². The Kier molecular flexibility index (Phi) is 6.46. The van der Waals surface area contributed by atoms with Gasteiger partial charge in [0.15, 0.2) is 0 Å². The lowest BCUT2D eigenvalue weighted by Crippen LogP contribution is -2.43. The third-order valence-corrected chi connectivity index (χ3v) is 4.48. The van der Waals surface area contributed by atoms with Crippen LogP contribution in [0.15, 0.2) is 0 Å². The van der Waals surface area contributed by atoms with E-state index in [-0.39, 0.29) is 0 Å². The molecule has 2 N–H and O–H groups in total. The average molecular weight is 254 g/mol. The summed E-state index contributed by atoms with van der Waals surface area (Å²) in [6, 6.07) is 1.52. The van der Waals surface area contributed by atoms with Crippen LogP contribution >= 0.6 is 0 Å². The number of ether oxygens (including phenoxy) is 1. The van der Waals surface area contributed by atoms with Crippen LogP contribution in [0.1, 0.15) is 51.9 Å². The van der Waals surface area contributed by atoms with Crippen LogP contribution in [0.3, 0.4) is 0 Å².